The van der Waals surface area contributed by atoms with Crippen molar-refractivity contribution in [2.75, 3.05) is 18.4 Å². The molecule has 0 aromatic heterocycles. The Bertz CT molecular complexity index is 962. The van der Waals surface area contributed by atoms with E-state index in [0.29, 0.717) is 31.8 Å². The predicted octanol–water partition coefficient (Wildman–Crippen LogP) is 3.40. The van der Waals surface area contributed by atoms with Crippen molar-refractivity contribution in [2.24, 2.45) is 10.7 Å². The van der Waals surface area contributed by atoms with E-state index < -0.39 is 17.4 Å². The number of carbonyl (C=O) groups excluding carboxylic acids is 1. The first-order valence-corrected chi connectivity index (χ1v) is 9.43. The van der Waals surface area contributed by atoms with Gasteiger partial charge in [-0.15, -0.1) is 0 Å². The zero-order chi connectivity index (χ0) is 20.6. The molecule has 2 aliphatic heterocycles. The summed E-state index contributed by atoms with van der Waals surface area (Å²) in [6, 6.07) is 12.8. The molecule has 0 radical (unpaired) electrons. The number of carbonyl (C=O) groups is 1. The molecule has 0 unspecified atom stereocenters. The van der Waals surface area contributed by atoms with Crippen LogP contribution in [0.4, 0.5) is 18.9 Å². The molecule has 29 heavy (non-hydrogen) atoms. The lowest BCUT2D eigenvalue weighted by Crippen LogP contribution is -2.52. The molecular formula is C21H21F3N4O. The maximum Gasteiger partial charge on any atom is 0.416 e. The summed E-state index contributed by atoms with van der Waals surface area (Å²) >= 11 is 0. The normalized spacial score (nSPS) is 18.0. The highest BCUT2D eigenvalue weighted by molar-refractivity contribution is 6.04. The molecule has 0 saturated carbocycles. The highest BCUT2D eigenvalue weighted by Crippen LogP contribution is 2.35. The Morgan fingerprint density at radius 3 is 2.48 bits per heavy atom. The molecule has 0 atom stereocenters. The quantitative estimate of drug-likeness (QED) is 0.809. The van der Waals surface area contributed by atoms with Crippen molar-refractivity contribution >= 4 is 17.4 Å². The minimum absolute atomic E-state index is 0.00253. The number of amidine groups is 1. The first-order valence-electron chi connectivity index (χ1n) is 9.43. The van der Waals surface area contributed by atoms with Crippen LogP contribution in [0.25, 0.3) is 0 Å². The number of nitrogens with two attached hydrogens (primary N) is 1. The molecule has 0 aliphatic carbocycles. The number of hydrogen-bond acceptors (Lipinski definition) is 4. The SMILES string of the molecule is NC1=NC2(CCN(C(=O)Cc3ccccc3C(F)(F)F)CC2)Nc2ccccc21. The number of amides is 1. The van der Waals surface area contributed by atoms with Crippen molar-refractivity contribution in [1.29, 1.82) is 0 Å². The number of hydrogen-bond donors (Lipinski definition) is 2. The van der Waals surface area contributed by atoms with Crippen molar-refractivity contribution in [2.45, 2.75) is 31.1 Å². The number of fused-ring (bicyclic) bond motifs is 1. The number of likely N-dealkylation sites (tertiary alicyclic amines) is 1. The van der Waals surface area contributed by atoms with E-state index in [9.17, 15) is 18.0 Å². The van der Waals surface area contributed by atoms with E-state index in [1.165, 1.54) is 18.2 Å². The Labute approximate surface area is 166 Å². The van der Waals surface area contributed by atoms with Crippen molar-refractivity contribution in [3.63, 3.8) is 0 Å². The lowest BCUT2D eigenvalue weighted by Gasteiger charge is -2.42. The maximum atomic E-state index is 13.2. The molecule has 152 valence electrons. The third-order valence-electron chi connectivity index (χ3n) is 5.51. The standard InChI is InChI=1S/C21H21F3N4O/c22-21(23,24)16-7-3-1-5-14(16)13-18(29)28-11-9-20(10-12-28)26-17-8-4-2-6-15(17)19(25)27-20/h1-8,26H,9-13H2,(H2,25,27). The summed E-state index contributed by atoms with van der Waals surface area (Å²) in [5.41, 5.74) is 6.53. The van der Waals surface area contributed by atoms with Gasteiger partial charge in [-0.1, -0.05) is 30.3 Å². The number of anilines is 1. The number of para-hydroxylation sites is 1. The summed E-state index contributed by atoms with van der Waals surface area (Å²) in [5, 5.41) is 3.43. The number of alkyl halides is 3. The Hall–Kier alpha value is -3.03. The summed E-state index contributed by atoms with van der Waals surface area (Å²) in [4.78, 5) is 18.9. The van der Waals surface area contributed by atoms with Crippen LogP contribution in [0.3, 0.4) is 0 Å². The van der Waals surface area contributed by atoms with Crippen LogP contribution in [0, 0.1) is 0 Å². The topological polar surface area (TPSA) is 70.7 Å². The molecular weight excluding hydrogens is 381 g/mol. The Kier molecular flexibility index (Phi) is 4.72. The van der Waals surface area contributed by atoms with Gasteiger partial charge in [0.15, 0.2) is 0 Å². The second kappa shape index (κ2) is 7.09. The minimum Gasteiger partial charge on any atom is -0.383 e. The summed E-state index contributed by atoms with van der Waals surface area (Å²) < 4.78 is 39.5. The van der Waals surface area contributed by atoms with Crippen molar-refractivity contribution in [3.8, 4) is 0 Å². The number of rotatable bonds is 2. The van der Waals surface area contributed by atoms with Crippen LogP contribution in [0.5, 0.6) is 0 Å². The second-order valence-corrected chi connectivity index (χ2v) is 7.41. The van der Waals surface area contributed by atoms with Crippen LogP contribution in [-0.2, 0) is 17.4 Å². The molecule has 1 fully saturated rings. The van der Waals surface area contributed by atoms with E-state index in [0.717, 1.165) is 17.3 Å². The number of aliphatic imine (C=N–C) groups is 1. The average Bonchev–Trinajstić information content (AvgIpc) is 2.68. The fraction of sp³-hybridized carbons (Fsp3) is 0.333. The summed E-state index contributed by atoms with van der Waals surface area (Å²) in [6.45, 7) is 0.804. The van der Waals surface area contributed by atoms with Gasteiger partial charge >= 0.3 is 6.18 Å². The second-order valence-electron chi connectivity index (χ2n) is 7.41. The van der Waals surface area contributed by atoms with Crippen LogP contribution >= 0.6 is 0 Å². The number of halogens is 3. The smallest absolute Gasteiger partial charge is 0.383 e. The average molecular weight is 402 g/mol. The fourth-order valence-corrected chi connectivity index (χ4v) is 3.97. The number of nitrogens with one attached hydrogen (secondary N) is 1. The minimum atomic E-state index is -4.48. The first-order chi connectivity index (χ1) is 13.8. The molecule has 3 N–H and O–H groups in total. The monoisotopic (exact) mass is 402 g/mol. The van der Waals surface area contributed by atoms with Gasteiger partial charge in [0, 0.05) is 37.2 Å². The zero-order valence-electron chi connectivity index (χ0n) is 15.7. The summed E-state index contributed by atoms with van der Waals surface area (Å²) in [7, 11) is 0. The lowest BCUT2D eigenvalue weighted by atomic mass is 9.93. The van der Waals surface area contributed by atoms with E-state index in [-0.39, 0.29) is 17.9 Å². The Morgan fingerprint density at radius 1 is 1.10 bits per heavy atom. The van der Waals surface area contributed by atoms with Gasteiger partial charge in [0.05, 0.1) is 12.0 Å². The van der Waals surface area contributed by atoms with Crippen LogP contribution in [-0.4, -0.2) is 35.4 Å². The van der Waals surface area contributed by atoms with E-state index in [1.807, 2.05) is 24.3 Å². The predicted molar refractivity (Wildman–Crippen MR) is 104 cm³/mol. The largest absolute Gasteiger partial charge is 0.416 e. The summed E-state index contributed by atoms with van der Waals surface area (Å²) in [5.74, 6) is 0.142. The van der Waals surface area contributed by atoms with Gasteiger partial charge in [0.25, 0.3) is 0 Å². The molecule has 2 aliphatic rings. The highest BCUT2D eigenvalue weighted by Gasteiger charge is 2.39. The fourth-order valence-electron chi connectivity index (χ4n) is 3.97. The van der Waals surface area contributed by atoms with E-state index in [1.54, 1.807) is 4.90 Å². The number of piperidine rings is 1. The van der Waals surface area contributed by atoms with Gasteiger partial charge < -0.3 is 16.0 Å². The van der Waals surface area contributed by atoms with E-state index >= 15 is 0 Å². The van der Waals surface area contributed by atoms with E-state index in [4.69, 9.17) is 5.73 Å². The van der Waals surface area contributed by atoms with Crippen molar-refractivity contribution in [1.82, 2.24) is 4.90 Å². The molecule has 0 bridgehead atoms. The van der Waals surface area contributed by atoms with Gasteiger partial charge in [-0.3, -0.25) is 4.79 Å². The molecule has 2 aromatic rings. The highest BCUT2D eigenvalue weighted by atomic mass is 19.4. The van der Waals surface area contributed by atoms with Crippen LogP contribution in [0.2, 0.25) is 0 Å². The van der Waals surface area contributed by atoms with Gasteiger partial charge in [-0.25, -0.2) is 4.99 Å². The molecule has 1 amide bonds. The van der Waals surface area contributed by atoms with Gasteiger partial charge in [-0.05, 0) is 23.8 Å². The van der Waals surface area contributed by atoms with Crippen LogP contribution in [0.1, 0.15) is 29.5 Å². The van der Waals surface area contributed by atoms with Crippen molar-refractivity contribution in [3.05, 3.63) is 65.2 Å². The molecule has 8 heteroatoms. The zero-order valence-corrected chi connectivity index (χ0v) is 15.7. The molecule has 4 rings (SSSR count). The van der Waals surface area contributed by atoms with Crippen LogP contribution < -0.4 is 11.1 Å². The van der Waals surface area contributed by atoms with Crippen molar-refractivity contribution < 1.29 is 18.0 Å². The number of benzene rings is 2. The Balaban J connectivity index is 1.45. The summed E-state index contributed by atoms with van der Waals surface area (Å²) in [6.07, 6.45) is -3.68. The molecule has 5 nitrogen and oxygen atoms in total. The first kappa shape index (κ1) is 19.3. The molecule has 1 spiro atoms. The third kappa shape index (κ3) is 3.79. The molecule has 1 saturated heterocycles. The van der Waals surface area contributed by atoms with E-state index in [2.05, 4.69) is 10.3 Å². The molecule has 2 aromatic carbocycles. The molecule has 2 heterocycles. The Morgan fingerprint density at radius 2 is 1.76 bits per heavy atom. The maximum absolute atomic E-state index is 13.2. The third-order valence-corrected chi connectivity index (χ3v) is 5.51. The van der Waals surface area contributed by atoms with Crippen LogP contribution in [0.15, 0.2) is 53.5 Å². The van der Waals surface area contributed by atoms with Gasteiger partial charge in [0.1, 0.15) is 11.5 Å². The lowest BCUT2D eigenvalue weighted by molar-refractivity contribution is -0.138. The van der Waals surface area contributed by atoms with Gasteiger partial charge in [-0.2, -0.15) is 13.2 Å². The van der Waals surface area contributed by atoms with Gasteiger partial charge in [0.2, 0.25) is 5.91 Å². The number of nitrogens with zero attached hydrogens (tertiary/aromatic N) is 2.